The van der Waals surface area contributed by atoms with Gasteiger partial charge in [0, 0.05) is 12.1 Å². The van der Waals surface area contributed by atoms with E-state index >= 15 is 0 Å². The van der Waals surface area contributed by atoms with Crippen LogP contribution >= 0.6 is 23.2 Å². The minimum Gasteiger partial charge on any atom is -0.493 e. The van der Waals surface area contributed by atoms with Crippen molar-refractivity contribution in [3.05, 3.63) is 52.4 Å². The van der Waals surface area contributed by atoms with Gasteiger partial charge in [0.1, 0.15) is 5.52 Å². The van der Waals surface area contributed by atoms with Crippen LogP contribution in [0.2, 0.25) is 10.0 Å². The third-order valence-corrected chi connectivity index (χ3v) is 5.06. The summed E-state index contributed by atoms with van der Waals surface area (Å²) < 4.78 is 51.4. The highest BCUT2D eigenvalue weighted by atomic mass is 35.5. The van der Waals surface area contributed by atoms with Crippen molar-refractivity contribution < 1.29 is 22.6 Å². The second-order valence-corrected chi connectivity index (χ2v) is 7.06. The predicted molar refractivity (Wildman–Crippen MR) is 108 cm³/mol. The van der Waals surface area contributed by atoms with Crippen LogP contribution in [-0.4, -0.2) is 28.6 Å². The molecule has 0 spiro atoms. The van der Waals surface area contributed by atoms with Gasteiger partial charge in [-0.25, -0.2) is 9.97 Å². The molecule has 1 N–H and O–H groups in total. The largest absolute Gasteiger partial charge is 0.493 e. The number of nitrogens with one attached hydrogen (secondary N) is 1. The zero-order valence-corrected chi connectivity index (χ0v) is 17.0. The first-order chi connectivity index (χ1) is 14.2. The van der Waals surface area contributed by atoms with Crippen LogP contribution in [0.3, 0.4) is 0 Å². The second-order valence-electron chi connectivity index (χ2n) is 6.24. The number of hydrogen-bond acceptors (Lipinski definition) is 5. The molecule has 0 saturated heterocycles. The van der Waals surface area contributed by atoms with Gasteiger partial charge in [-0.3, -0.25) is 4.40 Å². The number of rotatable bonds is 4. The molecule has 0 amide bonds. The molecule has 2 aromatic carbocycles. The number of hydrogen-bond donors (Lipinski definition) is 1. The number of imidazole rings is 1. The van der Waals surface area contributed by atoms with Gasteiger partial charge < -0.3 is 14.8 Å². The van der Waals surface area contributed by atoms with Crippen LogP contribution < -0.4 is 14.8 Å². The van der Waals surface area contributed by atoms with Crippen molar-refractivity contribution in [2.45, 2.75) is 6.18 Å². The number of alkyl halides is 3. The topological polar surface area (TPSA) is 60.7 Å². The van der Waals surface area contributed by atoms with Crippen LogP contribution in [0.5, 0.6) is 11.5 Å². The molecule has 4 aromatic rings. The van der Waals surface area contributed by atoms with Gasteiger partial charge in [-0.2, -0.15) is 13.2 Å². The normalized spacial score (nSPS) is 11.8. The molecule has 11 heteroatoms. The molecule has 6 nitrogen and oxygen atoms in total. The standard InChI is InChI=1S/C19H13Cl2F3N4O2/c1-29-15-5-12-13(6-16(15)30-2)28-8-25-7-14(28)18(26-12)27-17-10(20)3-9(4-11(17)21)19(22,23)24/h3-8H,1-2H3,(H,26,27). The third kappa shape index (κ3) is 3.44. The zero-order valence-electron chi connectivity index (χ0n) is 15.5. The van der Waals surface area contributed by atoms with Crippen molar-refractivity contribution in [1.29, 1.82) is 0 Å². The van der Waals surface area contributed by atoms with E-state index < -0.39 is 11.7 Å². The molecule has 4 rings (SSSR count). The molecule has 0 aliphatic rings. The van der Waals surface area contributed by atoms with Crippen LogP contribution in [0.1, 0.15) is 5.56 Å². The number of halogens is 5. The number of nitrogens with zero attached hydrogens (tertiary/aromatic N) is 3. The Balaban J connectivity index is 1.88. The van der Waals surface area contributed by atoms with Gasteiger partial charge >= 0.3 is 6.18 Å². The Bertz CT molecular complexity index is 1250. The average Bonchev–Trinajstić information content (AvgIpc) is 3.19. The summed E-state index contributed by atoms with van der Waals surface area (Å²) in [5.41, 5.74) is 0.930. The SMILES string of the molecule is COc1cc2nc(Nc3c(Cl)cc(C(F)(F)F)cc3Cl)c3cncn3c2cc1OC. The maximum Gasteiger partial charge on any atom is 0.416 e. The molecule has 156 valence electrons. The molecule has 0 fully saturated rings. The highest BCUT2D eigenvalue weighted by Crippen LogP contribution is 2.40. The van der Waals surface area contributed by atoms with Gasteiger partial charge in [0.15, 0.2) is 17.3 Å². The van der Waals surface area contributed by atoms with Crippen LogP contribution in [-0.2, 0) is 6.18 Å². The molecule has 0 aliphatic carbocycles. The van der Waals surface area contributed by atoms with Crippen LogP contribution in [0.4, 0.5) is 24.7 Å². The minimum absolute atomic E-state index is 0.0989. The predicted octanol–water partition coefficient (Wildman–Crippen LogP) is 5.97. The van der Waals surface area contributed by atoms with E-state index in [4.69, 9.17) is 32.7 Å². The molecule has 0 saturated carbocycles. The molecule has 30 heavy (non-hydrogen) atoms. The van der Waals surface area contributed by atoms with Crippen molar-refractivity contribution in [2.24, 2.45) is 0 Å². The Morgan fingerprint density at radius 1 is 0.967 bits per heavy atom. The molecule has 0 radical (unpaired) electrons. The van der Waals surface area contributed by atoms with Gasteiger partial charge in [-0.05, 0) is 12.1 Å². The van der Waals surface area contributed by atoms with Gasteiger partial charge in [-0.15, -0.1) is 0 Å². The minimum atomic E-state index is -4.57. The lowest BCUT2D eigenvalue weighted by atomic mass is 10.2. The first kappa shape index (κ1) is 20.4. The molecule has 0 unspecified atom stereocenters. The van der Waals surface area contributed by atoms with Crippen molar-refractivity contribution in [3.8, 4) is 11.5 Å². The summed E-state index contributed by atoms with van der Waals surface area (Å²) in [5.74, 6) is 1.28. The summed E-state index contributed by atoms with van der Waals surface area (Å²) in [4.78, 5) is 8.70. The summed E-state index contributed by atoms with van der Waals surface area (Å²) >= 11 is 12.2. The van der Waals surface area contributed by atoms with E-state index in [1.807, 2.05) is 0 Å². The van der Waals surface area contributed by atoms with Gasteiger partial charge in [0.2, 0.25) is 0 Å². The first-order valence-corrected chi connectivity index (χ1v) is 9.19. The summed E-state index contributed by atoms with van der Waals surface area (Å²) in [5, 5.41) is 2.55. The van der Waals surface area contributed by atoms with Gasteiger partial charge in [0.25, 0.3) is 0 Å². The molecular weight excluding hydrogens is 444 g/mol. The number of anilines is 2. The molecular formula is C19H13Cl2F3N4O2. The van der Waals surface area contributed by atoms with Crippen molar-refractivity contribution in [1.82, 2.24) is 14.4 Å². The van der Waals surface area contributed by atoms with Gasteiger partial charge in [-0.1, -0.05) is 23.2 Å². The van der Waals surface area contributed by atoms with Crippen LogP contribution in [0.25, 0.3) is 16.6 Å². The summed E-state index contributed by atoms with van der Waals surface area (Å²) in [6, 6.07) is 5.03. The highest BCUT2D eigenvalue weighted by Gasteiger charge is 2.32. The smallest absolute Gasteiger partial charge is 0.416 e. The highest BCUT2D eigenvalue weighted by molar-refractivity contribution is 6.39. The van der Waals surface area contributed by atoms with Crippen LogP contribution in [0, 0.1) is 0 Å². The van der Waals surface area contributed by atoms with Gasteiger partial charge in [0.05, 0.1) is 59.1 Å². The Morgan fingerprint density at radius 2 is 1.60 bits per heavy atom. The number of ether oxygens (including phenoxy) is 2. The molecule has 0 aliphatic heterocycles. The van der Waals surface area contributed by atoms with E-state index in [1.54, 1.807) is 29.1 Å². The summed E-state index contributed by atoms with van der Waals surface area (Å²) in [6.07, 6.45) is -1.44. The lowest BCUT2D eigenvalue weighted by molar-refractivity contribution is -0.137. The first-order valence-electron chi connectivity index (χ1n) is 8.44. The lowest BCUT2D eigenvalue weighted by Crippen LogP contribution is -2.06. The van der Waals surface area contributed by atoms with E-state index in [-0.39, 0.29) is 15.7 Å². The van der Waals surface area contributed by atoms with E-state index in [0.29, 0.717) is 33.9 Å². The van der Waals surface area contributed by atoms with E-state index in [0.717, 1.165) is 12.1 Å². The molecule has 2 aromatic heterocycles. The Kier molecular flexibility index (Phi) is 5.03. The zero-order chi connectivity index (χ0) is 21.6. The quantitative estimate of drug-likeness (QED) is 0.409. The number of benzene rings is 2. The Morgan fingerprint density at radius 3 is 2.20 bits per heavy atom. The molecule has 0 bridgehead atoms. The summed E-state index contributed by atoms with van der Waals surface area (Å²) in [7, 11) is 3.02. The molecule has 0 atom stereocenters. The fourth-order valence-corrected chi connectivity index (χ4v) is 3.63. The monoisotopic (exact) mass is 456 g/mol. The molecule has 2 heterocycles. The maximum atomic E-state index is 13.0. The van der Waals surface area contributed by atoms with E-state index in [1.165, 1.54) is 14.2 Å². The van der Waals surface area contributed by atoms with E-state index in [2.05, 4.69) is 15.3 Å². The van der Waals surface area contributed by atoms with Crippen LogP contribution in [0.15, 0.2) is 36.8 Å². The Labute approximate surface area is 178 Å². The van der Waals surface area contributed by atoms with Crippen molar-refractivity contribution in [3.63, 3.8) is 0 Å². The fraction of sp³-hybridized carbons (Fsp3) is 0.158. The van der Waals surface area contributed by atoms with Crippen molar-refractivity contribution >= 4 is 51.3 Å². The second kappa shape index (κ2) is 7.41. The number of methoxy groups -OCH3 is 2. The lowest BCUT2D eigenvalue weighted by Gasteiger charge is -2.16. The fourth-order valence-electron chi connectivity index (χ4n) is 3.05. The third-order valence-electron chi connectivity index (χ3n) is 4.47. The Hall–Kier alpha value is -2.91. The maximum absolute atomic E-state index is 13.0. The van der Waals surface area contributed by atoms with Crippen molar-refractivity contribution in [2.75, 3.05) is 19.5 Å². The van der Waals surface area contributed by atoms with E-state index in [9.17, 15) is 13.2 Å². The average molecular weight is 457 g/mol. The number of fused-ring (bicyclic) bond motifs is 3. The summed E-state index contributed by atoms with van der Waals surface area (Å²) in [6.45, 7) is 0. The number of aromatic nitrogens is 3.